The van der Waals surface area contributed by atoms with Gasteiger partial charge in [-0.05, 0) is 62.4 Å². The summed E-state index contributed by atoms with van der Waals surface area (Å²) in [4.78, 5) is 25.8. The van der Waals surface area contributed by atoms with E-state index in [4.69, 9.17) is 0 Å². The number of hydrogen-bond acceptors (Lipinski definition) is 3. The molecule has 1 aliphatic heterocycles. The maximum atomic E-state index is 12.3. The molecule has 1 heterocycles. The molecular formula is C22H23BrN2O3. The molecule has 0 bridgehead atoms. The number of nitrogens with zero attached hydrogens (tertiary/aromatic N) is 1. The van der Waals surface area contributed by atoms with Crippen molar-refractivity contribution in [1.82, 2.24) is 0 Å². The number of amides is 1. The van der Waals surface area contributed by atoms with Crippen molar-refractivity contribution >= 4 is 39.7 Å². The van der Waals surface area contributed by atoms with Gasteiger partial charge in [0.2, 0.25) is 6.41 Å². The fraction of sp³-hybridized carbons (Fsp3) is 0.364. The van der Waals surface area contributed by atoms with Gasteiger partial charge in [0, 0.05) is 27.3 Å². The van der Waals surface area contributed by atoms with E-state index >= 15 is 0 Å². The Bertz CT molecular complexity index is 922. The zero-order valence-electron chi connectivity index (χ0n) is 15.7. The molecule has 4 rings (SSSR count). The summed E-state index contributed by atoms with van der Waals surface area (Å²) in [5.41, 5.74) is 1.70. The number of hydrogen-bond donors (Lipinski definition) is 2. The second-order valence-corrected chi connectivity index (χ2v) is 8.80. The number of rotatable bonds is 4. The van der Waals surface area contributed by atoms with Crippen LogP contribution in [-0.4, -0.2) is 29.1 Å². The minimum Gasteiger partial charge on any atom is -0.480 e. The van der Waals surface area contributed by atoms with E-state index in [0.717, 1.165) is 27.8 Å². The number of anilines is 2. The highest BCUT2D eigenvalue weighted by atomic mass is 79.9. The predicted molar refractivity (Wildman–Crippen MR) is 113 cm³/mol. The quantitative estimate of drug-likeness (QED) is 0.680. The zero-order chi connectivity index (χ0) is 19.9. The molecule has 2 aromatic rings. The van der Waals surface area contributed by atoms with Crippen molar-refractivity contribution in [3.8, 4) is 0 Å². The number of carbonyl (C=O) groups excluding carboxylic acids is 1. The van der Waals surface area contributed by atoms with Crippen LogP contribution in [0.3, 0.4) is 0 Å². The van der Waals surface area contributed by atoms with E-state index in [2.05, 4.69) is 34.2 Å². The third-order valence-electron chi connectivity index (χ3n) is 6.66. The molecule has 1 atom stereocenters. The summed E-state index contributed by atoms with van der Waals surface area (Å²) in [6.07, 6.45) is 3.32. The number of halogens is 1. The Morgan fingerprint density at radius 1 is 1.18 bits per heavy atom. The molecule has 1 unspecified atom stereocenters. The molecule has 1 amide bonds. The fourth-order valence-electron chi connectivity index (χ4n) is 5.01. The van der Waals surface area contributed by atoms with Gasteiger partial charge in [0.05, 0.1) is 0 Å². The average Bonchev–Trinajstić information content (AvgIpc) is 2.92. The van der Waals surface area contributed by atoms with Gasteiger partial charge < -0.3 is 15.3 Å². The molecule has 146 valence electrons. The Morgan fingerprint density at radius 3 is 2.54 bits per heavy atom. The minimum absolute atomic E-state index is 0.0139. The van der Waals surface area contributed by atoms with Crippen molar-refractivity contribution in [2.45, 2.75) is 49.6 Å². The van der Waals surface area contributed by atoms with Gasteiger partial charge in [0.25, 0.3) is 0 Å². The SMILES string of the molecule is CC1N(C=O)c2ccccc2C12CCC(Nc1cccc(Br)c1)(C(=O)O)CC2. The van der Waals surface area contributed by atoms with E-state index in [1.807, 2.05) is 42.5 Å². The maximum Gasteiger partial charge on any atom is 0.329 e. The van der Waals surface area contributed by atoms with Crippen LogP contribution in [0.2, 0.25) is 0 Å². The molecule has 28 heavy (non-hydrogen) atoms. The smallest absolute Gasteiger partial charge is 0.329 e. The standard InChI is InChI=1S/C22H23BrN2O3/c1-15-21(18-7-2-3-8-19(18)25(15)14-26)9-11-22(12-10-21,20(27)28)24-17-6-4-5-16(23)13-17/h2-8,13-15,24H,9-12H2,1H3,(H,27,28). The van der Waals surface area contributed by atoms with Crippen LogP contribution in [0, 0.1) is 0 Å². The topological polar surface area (TPSA) is 69.6 Å². The lowest BCUT2D eigenvalue weighted by atomic mass is 9.62. The van der Waals surface area contributed by atoms with E-state index < -0.39 is 11.5 Å². The minimum atomic E-state index is -1.00. The molecule has 2 aromatic carbocycles. The normalized spacial score (nSPS) is 28.8. The van der Waals surface area contributed by atoms with Crippen molar-refractivity contribution in [1.29, 1.82) is 0 Å². The van der Waals surface area contributed by atoms with Gasteiger partial charge >= 0.3 is 5.97 Å². The summed E-state index contributed by atoms with van der Waals surface area (Å²) in [5.74, 6) is -0.825. The summed E-state index contributed by atoms with van der Waals surface area (Å²) in [7, 11) is 0. The van der Waals surface area contributed by atoms with Crippen molar-refractivity contribution < 1.29 is 14.7 Å². The van der Waals surface area contributed by atoms with Gasteiger partial charge in [0.1, 0.15) is 5.54 Å². The molecule has 2 aliphatic rings. The van der Waals surface area contributed by atoms with Gasteiger partial charge in [-0.15, -0.1) is 0 Å². The molecule has 0 radical (unpaired) electrons. The lowest BCUT2D eigenvalue weighted by molar-refractivity contribution is -0.144. The van der Waals surface area contributed by atoms with E-state index in [-0.39, 0.29) is 11.5 Å². The van der Waals surface area contributed by atoms with Crippen molar-refractivity contribution in [2.75, 3.05) is 10.2 Å². The van der Waals surface area contributed by atoms with Crippen molar-refractivity contribution in [3.63, 3.8) is 0 Å². The highest BCUT2D eigenvalue weighted by molar-refractivity contribution is 9.10. The first kappa shape index (κ1) is 19.0. The van der Waals surface area contributed by atoms with Gasteiger partial charge in [-0.3, -0.25) is 4.79 Å². The van der Waals surface area contributed by atoms with Crippen LogP contribution < -0.4 is 10.2 Å². The summed E-state index contributed by atoms with van der Waals surface area (Å²) in [5, 5.41) is 13.4. The summed E-state index contributed by atoms with van der Waals surface area (Å²) < 4.78 is 0.908. The summed E-state index contributed by atoms with van der Waals surface area (Å²) >= 11 is 3.44. The van der Waals surface area contributed by atoms with Gasteiger partial charge in [-0.1, -0.05) is 40.2 Å². The molecule has 1 fully saturated rings. The Balaban J connectivity index is 1.65. The molecule has 1 aliphatic carbocycles. The van der Waals surface area contributed by atoms with Crippen LogP contribution in [0.5, 0.6) is 0 Å². The van der Waals surface area contributed by atoms with Crippen LogP contribution in [-0.2, 0) is 15.0 Å². The highest BCUT2D eigenvalue weighted by Gasteiger charge is 2.55. The molecule has 1 saturated carbocycles. The first-order chi connectivity index (χ1) is 13.4. The monoisotopic (exact) mass is 442 g/mol. The fourth-order valence-corrected chi connectivity index (χ4v) is 5.41. The van der Waals surface area contributed by atoms with Crippen LogP contribution in [0.25, 0.3) is 0 Å². The van der Waals surface area contributed by atoms with E-state index in [9.17, 15) is 14.7 Å². The molecule has 6 heteroatoms. The van der Waals surface area contributed by atoms with Crippen molar-refractivity contribution in [2.24, 2.45) is 0 Å². The number of carboxylic acids is 1. The molecule has 1 spiro atoms. The number of carbonyl (C=O) groups is 2. The van der Waals surface area contributed by atoms with E-state index in [1.165, 1.54) is 0 Å². The van der Waals surface area contributed by atoms with Crippen LogP contribution in [0.15, 0.2) is 53.0 Å². The first-order valence-corrected chi connectivity index (χ1v) is 10.3. The summed E-state index contributed by atoms with van der Waals surface area (Å²) in [6.45, 7) is 2.07. The highest BCUT2D eigenvalue weighted by Crippen LogP contribution is 2.54. The Morgan fingerprint density at radius 2 is 1.89 bits per heavy atom. The zero-order valence-corrected chi connectivity index (χ0v) is 17.3. The van der Waals surface area contributed by atoms with E-state index in [1.54, 1.807) is 4.90 Å². The van der Waals surface area contributed by atoms with Crippen LogP contribution >= 0.6 is 15.9 Å². The molecule has 5 nitrogen and oxygen atoms in total. The maximum absolute atomic E-state index is 12.3. The molecule has 0 aromatic heterocycles. The third kappa shape index (κ3) is 2.82. The van der Waals surface area contributed by atoms with Gasteiger partial charge in [0.15, 0.2) is 0 Å². The number of benzene rings is 2. The average molecular weight is 443 g/mol. The lowest BCUT2D eigenvalue weighted by Crippen LogP contribution is -2.55. The summed E-state index contributed by atoms with van der Waals surface area (Å²) in [6, 6.07) is 15.6. The number of nitrogens with one attached hydrogen (secondary N) is 1. The van der Waals surface area contributed by atoms with Crippen LogP contribution in [0.4, 0.5) is 11.4 Å². The second kappa shape index (κ2) is 6.92. The van der Waals surface area contributed by atoms with Gasteiger partial charge in [-0.2, -0.15) is 0 Å². The Kier molecular flexibility index (Phi) is 4.70. The third-order valence-corrected chi connectivity index (χ3v) is 7.16. The van der Waals surface area contributed by atoms with E-state index in [0.29, 0.717) is 25.7 Å². The van der Waals surface area contributed by atoms with Gasteiger partial charge in [-0.25, -0.2) is 4.79 Å². The molecule has 0 saturated heterocycles. The predicted octanol–water partition coefficient (Wildman–Crippen LogP) is 4.56. The number of carboxylic acid groups (broad SMARTS) is 1. The number of para-hydroxylation sites is 1. The number of aliphatic carboxylic acids is 1. The Hall–Kier alpha value is -2.34. The lowest BCUT2D eigenvalue weighted by Gasteiger charge is -2.46. The Labute approximate surface area is 172 Å². The molecule has 2 N–H and O–H groups in total. The van der Waals surface area contributed by atoms with Crippen molar-refractivity contribution in [3.05, 3.63) is 58.6 Å². The number of fused-ring (bicyclic) bond motifs is 2. The first-order valence-electron chi connectivity index (χ1n) is 9.52. The molecular weight excluding hydrogens is 420 g/mol. The largest absolute Gasteiger partial charge is 0.480 e. The van der Waals surface area contributed by atoms with Crippen LogP contribution in [0.1, 0.15) is 38.2 Å². The second-order valence-electron chi connectivity index (χ2n) is 7.88.